The number of thiol groups is 1. The Bertz CT molecular complexity index is 4730. The van der Waals surface area contributed by atoms with Gasteiger partial charge in [0.15, 0.2) is 5.96 Å². The summed E-state index contributed by atoms with van der Waals surface area (Å²) in [6, 6.07) is 3.13. The molecule has 1 aromatic heterocycles. The van der Waals surface area contributed by atoms with E-state index in [1.807, 2.05) is 0 Å². The molecule has 48 nitrogen and oxygen atoms in total. The second-order valence-corrected chi connectivity index (χ2v) is 29.6. The molecule has 0 saturated carbocycles. The highest BCUT2D eigenvalue weighted by atomic mass is 32.1. The lowest BCUT2D eigenvalue weighted by Crippen LogP contribution is -2.62. The summed E-state index contributed by atoms with van der Waals surface area (Å²) in [5, 5.41) is 123. The van der Waals surface area contributed by atoms with Gasteiger partial charge in [0.25, 0.3) is 0 Å². The van der Waals surface area contributed by atoms with Crippen LogP contribution in [-0.2, 0) is 123 Å². The van der Waals surface area contributed by atoms with Gasteiger partial charge in [0.1, 0.15) is 84.0 Å². The zero-order valence-electron chi connectivity index (χ0n) is 69.3. The molecule has 14 atom stereocenters. The molecule has 0 spiro atoms. The van der Waals surface area contributed by atoms with Crippen molar-refractivity contribution >= 4 is 131 Å². The number of hydrogen-bond acceptors (Lipinski definition) is 27. The highest BCUT2D eigenvalue weighted by Crippen LogP contribution is 2.17. The number of phenolic OH excluding ortho intramolecular Hbond substituents is 2. The number of aromatic amines is 1. The molecule has 0 aliphatic rings. The van der Waals surface area contributed by atoms with E-state index in [0.717, 1.165) is 6.92 Å². The second-order valence-electron chi connectivity index (χ2n) is 29.3. The van der Waals surface area contributed by atoms with E-state index in [1.165, 1.54) is 61.1 Å². The van der Waals surface area contributed by atoms with Crippen LogP contribution in [0.5, 0.6) is 11.5 Å². The number of nitrogens with two attached hydrogens (primary N) is 3. The molecule has 0 radical (unpaired) electrons. The number of aromatic hydroxyl groups is 2. The third kappa shape index (κ3) is 38.2. The number of amides is 15. The molecule has 0 saturated heterocycles. The van der Waals surface area contributed by atoms with Crippen molar-refractivity contribution in [2.75, 3.05) is 32.0 Å². The number of guanidine groups is 1. The number of nitrogens with zero attached hydrogens (tertiary/aromatic N) is 1. The first kappa shape index (κ1) is 105. The molecular weight excluding hydrogens is 1720 g/mol. The molecule has 129 heavy (non-hydrogen) atoms. The van der Waals surface area contributed by atoms with Crippen molar-refractivity contribution in [1.29, 1.82) is 5.41 Å². The monoisotopic (exact) mass is 1820 g/mol. The molecule has 0 bridgehead atoms. The van der Waals surface area contributed by atoms with Crippen LogP contribution in [0.2, 0.25) is 0 Å². The van der Waals surface area contributed by atoms with Gasteiger partial charge in [-0.2, -0.15) is 12.6 Å². The maximum atomic E-state index is 15.0. The fraction of sp³-hybridized carbons (Fsp3) is 0.412. The van der Waals surface area contributed by atoms with Gasteiger partial charge in [-0.1, -0.05) is 84.9 Å². The van der Waals surface area contributed by atoms with Crippen LogP contribution >= 0.6 is 12.6 Å². The number of benzene rings is 4. The highest BCUT2D eigenvalue weighted by Gasteiger charge is 2.39. The second kappa shape index (κ2) is 53.4. The molecule has 1 heterocycles. The highest BCUT2D eigenvalue weighted by molar-refractivity contribution is 7.80. The fourth-order valence-electron chi connectivity index (χ4n) is 12.2. The summed E-state index contributed by atoms with van der Waals surface area (Å²) < 4.78 is 0. The number of imidazole rings is 1. The van der Waals surface area contributed by atoms with E-state index in [9.17, 15) is 117 Å². The first-order valence-electron chi connectivity index (χ1n) is 39.8. The van der Waals surface area contributed by atoms with Crippen LogP contribution in [0.1, 0.15) is 86.2 Å². The summed E-state index contributed by atoms with van der Waals surface area (Å²) in [7, 11) is 0. The van der Waals surface area contributed by atoms with Crippen LogP contribution in [0.15, 0.2) is 122 Å². The minimum Gasteiger partial charge on any atom is -0.508 e. The van der Waals surface area contributed by atoms with E-state index in [0.29, 0.717) is 22.3 Å². The first-order valence-corrected chi connectivity index (χ1v) is 40.4. The quantitative estimate of drug-likeness (QED) is 0.00744. The average Bonchev–Trinajstić information content (AvgIpc) is 1.36. The number of carboxylic acids is 4. The lowest BCUT2D eigenvalue weighted by Gasteiger charge is -2.28. The van der Waals surface area contributed by atoms with E-state index in [1.54, 1.807) is 60.7 Å². The van der Waals surface area contributed by atoms with Crippen molar-refractivity contribution in [3.05, 3.63) is 150 Å². The van der Waals surface area contributed by atoms with Crippen molar-refractivity contribution in [1.82, 2.24) is 89.7 Å². The Labute approximate surface area is 740 Å². The molecule has 698 valence electrons. The minimum absolute atomic E-state index is 0.111. The molecule has 49 heteroatoms. The fourth-order valence-corrected chi connectivity index (χ4v) is 12.4. The number of rotatable bonds is 56. The number of aromatic nitrogens is 2. The van der Waals surface area contributed by atoms with E-state index in [4.69, 9.17) is 27.7 Å². The zero-order valence-corrected chi connectivity index (χ0v) is 70.2. The van der Waals surface area contributed by atoms with Crippen molar-refractivity contribution in [3.8, 4) is 11.5 Å². The summed E-state index contributed by atoms with van der Waals surface area (Å²) in [4.78, 5) is 262. The first-order chi connectivity index (χ1) is 61.1. The number of carbonyl (C=O) groups excluding carboxylic acids is 15. The number of aliphatic hydroxyl groups excluding tert-OH is 2. The molecule has 15 amide bonds. The minimum atomic E-state index is -2.14. The molecule has 5 rings (SSSR count). The van der Waals surface area contributed by atoms with Crippen LogP contribution in [0.3, 0.4) is 0 Å². The molecule has 31 N–H and O–H groups in total. The number of hydrogen-bond donors (Lipinski definition) is 29. The van der Waals surface area contributed by atoms with Crippen LogP contribution in [0, 0.1) is 5.41 Å². The van der Waals surface area contributed by atoms with Gasteiger partial charge >= 0.3 is 23.9 Å². The summed E-state index contributed by atoms with van der Waals surface area (Å²) >= 11 is 4.28. The van der Waals surface area contributed by atoms with Gasteiger partial charge in [0, 0.05) is 69.1 Å². The Morgan fingerprint density at radius 3 is 1.26 bits per heavy atom. The number of carbonyl (C=O) groups is 19. The molecule has 0 aliphatic heterocycles. The number of nitrogens with one attached hydrogen (secondary N) is 17. The van der Waals surface area contributed by atoms with E-state index < -0.39 is 286 Å². The largest absolute Gasteiger partial charge is 0.508 e. The van der Waals surface area contributed by atoms with Crippen LogP contribution < -0.4 is 97.0 Å². The van der Waals surface area contributed by atoms with Crippen LogP contribution in [0.4, 0.5) is 0 Å². The summed E-state index contributed by atoms with van der Waals surface area (Å²) in [5.41, 5.74) is 17.8. The topological polar surface area (TPSA) is 797 Å². The summed E-state index contributed by atoms with van der Waals surface area (Å²) in [6.07, 6.45) is -6.14. The van der Waals surface area contributed by atoms with Crippen molar-refractivity contribution in [3.63, 3.8) is 0 Å². The van der Waals surface area contributed by atoms with Gasteiger partial charge in [-0.05, 0) is 79.1 Å². The predicted molar refractivity (Wildman–Crippen MR) is 453 cm³/mol. The predicted octanol–water partition coefficient (Wildman–Crippen LogP) is -8.56. The Morgan fingerprint density at radius 1 is 0.419 bits per heavy atom. The standard InChI is InChI=1S/C80H105N21O27S/c1-40(103)66(101-75(123)52(29-43-14-18-46(104)19-15-43)90-62(108)36-87-61(107)35-88-68(116)50(23-25-63(109)110)91-67(115)48(81)32-64(111)112)78(126)100-59(38-129)77(125)96-54(28-42-11-6-3-7-12-42)72(120)94-53(27-41-9-4-2-5-10-41)70(118)92-49(13-8-26-86-80(83)84)69(117)98-57(33-65(113)114)74(122)97-56(31-45-34-85-39-89-45)73(121)99-58(37-102)76(124)95-55(30-44-16-20-47(105)21-17-44)71(119)93-51(79(127)128)22-24-60(82)106/h2-7,9-12,14-21,34,39-40,48-59,66,102-105,129H,8,13,22-33,35-38,81H2,1H3,(H2,82,106)(H,85,89)(H,87,107)(H,88,116)(H,90,108)(H,91,115)(H,92,118)(H,93,119)(H,94,120)(H,95,124)(H,96,125)(H,97,122)(H,98,117)(H,99,121)(H,100,126)(H,101,123)(H,109,110)(H,111,112)(H,113,114)(H,127,128)(H4,83,84,86)/t40-,48+,49+,50+,51+,52+,53+,54+,55+,56+,57+,58+,59+,66+/m1/s1. The molecule has 4 aromatic carbocycles. The number of phenols is 2. The third-order valence-electron chi connectivity index (χ3n) is 19.0. The maximum Gasteiger partial charge on any atom is 0.326 e. The Balaban J connectivity index is 1.38. The van der Waals surface area contributed by atoms with E-state index in [-0.39, 0.29) is 49.4 Å². The number of aliphatic carboxylic acids is 4. The van der Waals surface area contributed by atoms with E-state index in [2.05, 4.69) is 102 Å². The Morgan fingerprint density at radius 2 is 0.814 bits per heavy atom. The van der Waals surface area contributed by atoms with Gasteiger partial charge in [0.2, 0.25) is 88.6 Å². The van der Waals surface area contributed by atoms with Crippen molar-refractivity contribution in [2.24, 2.45) is 17.2 Å². The average molecular weight is 1820 g/mol. The summed E-state index contributed by atoms with van der Waals surface area (Å²) in [5.74, 6) is -24.8. The van der Waals surface area contributed by atoms with Gasteiger partial charge in [-0.3, -0.25) is 91.7 Å². The number of carboxylic acid groups (broad SMARTS) is 4. The van der Waals surface area contributed by atoms with Gasteiger partial charge < -0.3 is 143 Å². The SMILES string of the molecule is C[C@@H](O)[C@H](NC(=O)[C@H](Cc1ccc(O)cc1)NC(=O)CNC(=O)CNC(=O)[C@H](CCC(=O)O)NC(=O)[C@@H](N)CC(=O)O)C(=O)N[C@@H](CS)C(=O)N[C@@H](Cc1ccccc1)C(=O)N[C@@H](Cc1ccccc1)C(=O)N[C@@H](CCCNC(=N)N)C(=O)N[C@@H](CC(=O)O)C(=O)N[C@@H](Cc1cnc[nH]1)C(=O)N[C@@H](CO)C(=O)N[C@@H](Cc1ccc(O)cc1)C(=O)N[C@@H](CCC(N)=O)C(=O)O. The molecule has 0 aliphatic carbocycles. The normalized spacial score (nSPS) is 14.1. The maximum absolute atomic E-state index is 15.0. The lowest BCUT2D eigenvalue weighted by molar-refractivity contribution is -0.143. The molecular formula is C80H105N21O27S. The Hall–Kier alpha value is -14.9. The number of H-pyrrole nitrogens is 1. The van der Waals surface area contributed by atoms with Crippen LogP contribution in [0.25, 0.3) is 0 Å². The van der Waals surface area contributed by atoms with Gasteiger partial charge in [-0.15, -0.1) is 0 Å². The van der Waals surface area contributed by atoms with Crippen molar-refractivity contribution < 1.29 is 132 Å². The van der Waals surface area contributed by atoms with Gasteiger partial charge in [-0.25, -0.2) is 9.78 Å². The summed E-state index contributed by atoms with van der Waals surface area (Å²) in [6.45, 7) is -2.04. The smallest absolute Gasteiger partial charge is 0.326 e. The van der Waals surface area contributed by atoms with Crippen LogP contribution in [-0.4, -0.2) is 286 Å². The number of aliphatic hydroxyl groups is 2. The van der Waals surface area contributed by atoms with Gasteiger partial charge in [0.05, 0.1) is 51.0 Å². The lowest BCUT2D eigenvalue weighted by atomic mass is 10.0. The molecule has 0 unspecified atom stereocenters. The molecule has 0 fully saturated rings. The molecule has 5 aromatic rings. The van der Waals surface area contributed by atoms with E-state index >= 15 is 9.59 Å². The number of primary amides is 1. The third-order valence-corrected chi connectivity index (χ3v) is 19.3. The zero-order chi connectivity index (χ0) is 95.6. The Kier molecular flexibility index (Phi) is 43.4. The van der Waals surface area contributed by atoms with Crippen molar-refractivity contribution in [2.45, 2.75) is 175 Å².